The number of nitrogens with one attached hydrogen (secondary N) is 2. The first-order valence-corrected chi connectivity index (χ1v) is 8.96. The SMILES string of the molecule is Cc1cc(Nc2cc(C(F)(F)F)ccn2)nc(-c2cn(Cc3nc[nH]c3C)nn2)c1. The zero-order chi connectivity index (χ0) is 21.3. The third kappa shape index (κ3) is 4.29. The van der Waals surface area contributed by atoms with E-state index in [0.29, 0.717) is 23.8 Å². The van der Waals surface area contributed by atoms with E-state index >= 15 is 0 Å². The number of imidazole rings is 1. The minimum atomic E-state index is -4.45. The second kappa shape index (κ2) is 7.58. The molecule has 0 unspecified atom stereocenters. The predicted molar refractivity (Wildman–Crippen MR) is 103 cm³/mol. The summed E-state index contributed by atoms with van der Waals surface area (Å²) >= 11 is 0. The smallest absolute Gasteiger partial charge is 0.348 e. The van der Waals surface area contributed by atoms with Crippen molar-refractivity contribution in [2.75, 3.05) is 5.32 Å². The molecule has 0 saturated carbocycles. The van der Waals surface area contributed by atoms with Crippen LogP contribution in [0.2, 0.25) is 0 Å². The number of anilines is 2. The van der Waals surface area contributed by atoms with E-state index in [4.69, 9.17) is 0 Å². The van der Waals surface area contributed by atoms with Crippen LogP contribution in [0, 0.1) is 13.8 Å². The van der Waals surface area contributed by atoms with Crippen molar-refractivity contribution in [1.82, 2.24) is 34.9 Å². The highest BCUT2D eigenvalue weighted by molar-refractivity contribution is 5.61. The third-order valence-corrected chi connectivity index (χ3v) is 4.36. The highest BCUT2D eigenvalue weighted by atomic mass is 19.4. The van der Waals surface area contributed by atoms with Crippen LogP contribution in [-0.4, -0.2) is 34.9 Å². The van der Waals surface area contributed by atoms with Crippen LogP contribution in [0.5, 0.6) is 0 Å². The van der Waals surface area contributed by atoms with Gasteiger partial charge in [-0.15, -0.1) is 5.10 Å². The fourth-order valence-electron chi connectivity index (χ4n) is 2.86. The molecule has 2 N–H and O–H groups in total. The number of aryl methyl sites for hydroxylation is 2. The molecule has 0 aromatic carbocycles. The Hall–Kier alpha value is -3.76. The lowest BCUT2D eigenvalue weighted by Gasteiger charge is -2.10. The number of nitrogens with zero attached hydrogens (tertiary/aromatic N) is 6. The molecule has 0 fully saturated rings. The van der Waals surface area contributed by atoms with Crippen molar-refractivity contribution in [3.05, 3.63) is 65.5 Å². The van der Waals surface area contributed by atoms with E-state index in [-0.39, 0.29) is 5.82 Å². The fourth-order valence-corrected chi connectivity index (χ4v) is 2.86. The van der Waals surface area contributed by atoms with Gasteiger partial charge in [0.1, 0.15) is 17.3 Å². The molecule has 0 amide bonds. The van der Waals surface area contributed by atoms with Crippen LogP contribution in [0.1, 0.15) is 22.5 Å². The van der Waals surface area contributed by atoms with E-state index in [9.17, 15) is 13.2 Å². The van der Waals surface area contributed by atoms with Gasteiger partial charge in [0.05, 0.1) is 36.0 Å². The molecule has 0 saturated heterocycles. The van der Waals surface area contributed by atoms with Gasteiger partial charge in [0.2, 0.25) is 0 Å². The van der Waals surface area contributed by atoms with Crippen LogP contribution in [0.3, 0.4) is 0 Å². The Morgan fingerprint density at radius 3 is 2.63 bits per heavy atom. The lowest BCUT2D eigenvalue weighted by atomic mass is 10.2. The number of H-pyrrole nitrogens is 1. The van der Waals surface area contributed by atoms with Gasteiger partial charge in [-0.3, -0.25) is 0 Å². The molecule has 154 valence electrons. The monoisotopic (exact) mass is 414 g/mol. The Kier molecular flexibility index (Phi) is 4.94. The molecule has 0 radical (unpaired) electrons. The average Bonchev–Trinajstić information content (AvgIpc) is 3.31. The normalized spacial score (nSPS) is 11.6. The molecule has 0 aliphatic heterocycles. The number of hydrogen-bond donors (Lipinski definition) is 2. The summed E-state index contributed by atoms with van der Waals surface area (Å²) < 4.78 is 40.4. The number of aromatic nitrogens is 7. The second-order valence-electron chi connectivity index (χ2n) is 6.74. The maximum atomic E-state index is 12.9. The maximum Gasteiger partial charge on any atom is 0.416 e. The van der Waals surface area contributed by atoms with Gasteiger partial charge in [-0.2, -0.15) is 13.2 Å². The van der Waals surface area contributed by atoms with Gasteiger partial charge in [-0.25, -0.2) is 19.6 Å². The summed E-state index contributed by atoms with van der Waals surface area (Å²) in [5.74, 6) is 0.404. The highest BCUT2D eigenvalue weighted by Crippen LogP contribution is 2.30. The van der Waals surface area contributed by atoms with Gasteiger partial charge in [-0.1, -0.05) is 5.21 Å². The number of halogens is 3. The van der Waals surface area contributed by atoms with Crippen LogP contribution >= 0.6 is 0 Å². The summed E-state index contributed by atoms with van der Waals surface area (Å²) in [5.41, 5.74) is 2.93. The lowest BCUT2D eigenvalue weighted by Crippen LogP contribution is -2.06. The van der Waals surface area contributed by atoms with Crippen molar-refractivity contribution < 1.29 is 13.2 Å². The Morgan fingerprint density at radius 1 is 1.07 bits per heavy atom. The van der Waals surface area contributed by atoms with Crippen LogP contribution in [0.4, 0.5) is 24.8 Å². The zero-order valence-corrected chi connectivity index (χ0v) is 16.1. The van der Waals surface area contributed by atoms with Gasteiger partial charge in [0.25, 0.3) is 0 Å². The Bertz CT molecular complexity index is 1180. The van der Waals surface area contributed by atoms with E-state index in [0.717, 1.165) is 35.3 Å². The highest BCUT2D eigenvalue weighted by Gasteiger charge is 2.30. The molecule has 0 aliphatic rings. The summed E-state index contributed by atoms with van der Waals surface area (Å²) in [6, 6.07) is 5.38. The Morgan fingerprint density at radius 2 is 1.90 bits per heavy atom. The maximum absolute atomic E-state index is 12.9. The summed E-state index contributed by atoms with van der Waals surface area (Å²) in [4.78, 5) is 15.6. The molecule has 8 nitrogen and oxygen atoms in total. The van der Waals surface area contributed by atoms with Crippen molar-refractivity contribution >= 4 is 11.6 Å². The average molecular weight is 414 g/mol. The van der Waals surface area contributed by atoms with Gasteiger partial charge < -0.3 is 10.3 Å². The van der Waals surface area contributed by atoms with Crippen LogP contribution in [0.25, 0.3) is 11.4 Å². The molecular formula is C19H17F3N8. The summed E-state index contributed by atoms with van der Waals surface area (Å²) in [5, 5.41) is 11.1. The van der Waals surface area contributed by atoms with E-state index in [1.165, 1.54) is 0 Å². The van der Waals surface area contributed by atoms with E-state index in [1.54, 1.807) is 23.3 Å². The van der Waals surface area contributed by atoms with Crippen molar-refractivity contribution in [2.24, 2.45) is 0 Å². The van der Waals surface area contributed by atoms with Gasteiger partial charge in [0.15, 0.2) is 0 Å². The third-order valence-electron chi connectivity index (χ3n) is 4.36. The summed E-state index contributed by atoms with van der Waals surface area (Å²) in [6.45, 7) is 4.23. The number of alkyl halides is 3. The van der Waals surface area contributed by atoms with E-state index in [1.807, 2.05) is 19.9 Å². The number of pyridine rings is 2. The molecule has 4 rings (SSSR count). The van der Waals surface area contributed by atoms with Crippen LogP contribution < -0.4 is 5.32 Å². The van der Waals surface area contributed by atoms with Gasteiger partial charge in [0, 0.05) is 11.9 Å². The zero-order valence-electron chi connectivity index (χ0n) is 16.1. The molecule has 0 bridgehead atoms. The lowest BCUT2D eigenvalue weighted by molar-refractivity contribution is -0.137. The van der Waals surface area contributed by atoms with Crippen molar-refractivity contribution in [2.45, 2.75) is 26.6 Å². The van der Waals surface area contributed by atoms with Crippen molar-refractivity contribution in [1.29, 1.82) is 0 Å². The Labute approximate surface area is 169 Å². The van der Waals surface area contributed by atoms with Gasteiger partial charge in [-0.05, 0) is 43.7 Å². The molecular weight excluding hydrogens is 397 g/mol. The quantitative estimate of drug-likeness (QED) is 0.514. The largest absolute Gasteiger partial charge is 0.416 e. The first-order chi connectivity index (χ1) is 14.3. The van der Waals surface area contributed by atoms with Crippen molar-refractivity contribution in [3.8, 4) is 11.4 Å². The molecule has 0 aliphatic carbocycles. The first-order valence-electron chi connectivity index (χ1n) is 8.96. The molecule has 4 heterocycles. The molecule has 0 atom stereocenters. The molecule has 0 spiro atoms. The molecule has 4 aromatic rings. The number of hydrogen-bond acceptors (Lipinski definition) is 6. The molecule has 30 heavy (non-hydrogen) atoms. The van der Waals surface area contributed by atoms with E-state index in [2.05, 4.69) is 35.6 Å². The standard InChI is InChI=1S/C19H17F3N8/c1-11-5-14(16-9-30(29-28-16)8-15-12(2)24-10-25-15)26-18(6-11)27-17-7-13(3-4-23-17)19(20,21)22/h3-7,9-10H,8H2,1-2H3,(H,24,25)(H,23,26,27). The molecule has 4 aromatic heterocycles. The second-order valence-corrected chi connectivity index (χ2v) is 6.74. The van der Waals surface area contributed by atoms with Crippen LogP contribution in [0.15, 0.2) is 43.0 Å². The minimum absolute atomic E-state index is 0.0477. The first kappa shape index (κ1) is 19.6. The molecule has 11 heteroatoms. The summed E-state index contributed by atoms with van der Waals surface area (Å²) in [6.07, 6.45) is 0.00676. The van der Waals surface area contributed by atoms with Gasteiger partial charge >= 0.3 is 6.18 Å². The Balaban J connectivity index is 1.58. The van der Waals surface area contributed by atoms with Crippen LogP contribution in [-0.2, 0) is 12.7 Å². The number of rotatable bonds is 5. The summed E-state index contributed by atoms with van der Waals surface area (Å²) in [7, 11) is 0. The van der Waals surface area contributed by atoms with E-state index < -0.39 is 11.7 Å². The predicted octanol–water partition coefficient (Wildman–Crippen LogP) is 3.89. The fraction of sp³-hybridized carbons (Fsp3) is 0.211. The number of aromatic amines is 1. The minimum Gasteiger partial charge on any atom is -0.348 e. The van der Waals surface area contributed by atoms with Crippen molar-refractivity contribution in [3.63, 3.8) is 0 Å². The topological polar surface area (TPSA) is 97.2 Å².